The average molecular weight is 501 g/mol. The predicted molar refractivity (Wildman–Crippen MR) is 138 cm³/mol. The second kappa shape index (κ2) is 9.89. The number of nitrogens with zero attached hydrogens (tertiary/aromatic N) is 7. The molecule has 0 radical (unpaired) electrons. The van der Waals surface area contributed by atoms with Gasteiger partial charge < -0.3 is 9.88 Å². The van der Waals surface area contributed by atoms with Crippen LogP contribution in [0.25, 0.3) is 22.6 Å². The molecule has 1 aromatic carbocycles. The summed E-state index contributed by atoms with van der Waals surface area (Å²) < 4.78 is 4.58. The Morgan fingerprint density at radius 3 is 2.68 bits per heavy atom. The van der Waals surface area contributed by atoms with Crippen molar-refractivity contribution in [2.75, 3.05) is 11.4 Å². The Labute approximate surface area is 212 Å². The number of imidazole rings is 1. The highest BCUT2D eigenvalue weighted by atomic mass is 16.2. The summed E-state index contributed by atoms with van der Waals surface area (Å²) in [7, 11) is 0. The summed E-state index contributed by atoms with van der Waals surface area (Å²) in [6, 6.07) is 9.16. The summed E-state index contributed by atoms with van der Waals surface area (Å²) in [6.07, 6.45) is 5.28. The molecule has 1 fully saturated rings. The molecule has 1 N–H and O–H groups in total. The number of aromatic nitrogens is 6. The maximum atomic E-state index is 13.0. The number of carbonyl (C=O) groups excluding carboxylic acids is 1. The van der Waals surface area contributed by atoms with E-state index in [1.54, 1.807) is 38.5 Å². The maximum absolute atomic E-state index is 13.0. The predicted octanol–water partition coefficient (Wildman–Crippen LogP) is 2.49. The highest BCUT2D eigenvalue weighted by molar-refractivity contribution is 5.95. The molecule has 3 aromatic heterocycles. The van der Waals surface area contributed by atoms with Crippen molar-refractivity contribution in [1.82, 2.24) is 28.9 Å². The number of aromatic amines is 1. The molecule has 1 amide bonds. The van der Waals surface area contributed by atoms with E-state index in [2.05, 4.69) is 21.1 Å². The van der Waals surface area contributed by atoms with Crippen molar-refractivity contribution in [2.24, 2.45) is 5.92 Å². The zero-order valence-electron chi connectivity index (χ0n) is 20.8. The zero-order chi connectivity index (χ0) is 26.1. The average Bonchev–Trinajstić information content (AvgIpc) is 3.63. The minimum atomic E-state index is -0.370. The fraction of sp³-hybridized carbons (Fsp3) is 0.385. The Kier molecular flexibility index (Phi) is 6.48. The molecule has 0 saturated carbocycles. The molecule has 4 aromatic rings. The van der Waals surface area contributed by atoms with E-state index in [0.717, 1.165) is 12.1 Å². The van der Waals surface area contributed by atoms with Gasteiger partial charge in [-0.3, -0.25) is 23.4 Å². The molecule has 11 heteroatoms. The molecule has 0 bridgehead atoms. The van der Waals surface area contributed by atoms with Gasteiger partial charge >= 0.3 is 5.69 Å². The van der Waals surface area contributed by atoms with E-state index in [-0.39, 0.29) is 23.1 Å². The maximum Gasteiger partial charge on any atom is 0.332 e. The first-order valence-electron chi connectivity index (χ1n) is 12.5. The summed E-state index contributed by atoms with van der Waals surface area (Å²) in [5, 5.41) is 13.6. The number of H-pyrrole nitrogens is 1. The van der Waals surface area contributed by atoms with Crippen LogP contribution in [0.4, 0.5) is 5.69 Å². The Morgan fingerprint density at radius 1 is 1.14 bits per heavy atom. The molecule has 0 aliphatic carbocycles. The second-order valence-electron chi connectivity index (χ2n) is 9.36. The quantitative estimate of drug-likeness (QED) is 0.395. The Balaban J connectivity index is 1.39. The van der Waals surface area contributed by atoms with Crippen molar-refractivity contribution in [2.45, 2.75) is 52.7 Å². The van der Waals surface area contributed by atoms with E-state index in [0.29, 0.717) is 67.1 Å². The van der Waals surface area contributed by atoms with Crippen molar-refractivity contribution in [1.29, 1.82) is 5.26 Å². The van der Waals surface area contributed by atoms with Crippen molar-refractivity contribution >= 4 is 22.8 Å². The van der Waals surface area contributed by atoms with Crippen LogP contribution in [0, 0.1) is 17.2 Å². The van der Waals surface area contributed by atoms with E-state index < -0.39 is 0 Å². The largest absolute Gasteiger partial charge is 0.332 e. The SMILES string of the molecule is CCCn1c(=O)c2[nH]c(-c3cnn(CC4CC(=O)N(c5cccc(C#N)c5)C4)c3)nc2n(CCC)c1=O. The molecular formula is C26H28N8O3. The van der Waals surface area contributed by atoms with Gasteiger partial charge in [0.2, 0.25) is 5.91 Å². The van der Waals surface area contributed by atoms with Crippen LogP contribution >= 0.6 is 0 Å². The number of anilines is 1. The van der Waals surface area contributed by atoms with E-state index in [9.17, 15) is 14.4 Å². The van der Waals surface area contributed by atoms with Gasteiger partial charge in [0, 0.05) is 50.4 Å². The van der Waals surface area contributed by atoms with Crippen LogP contribution in [0.1, 0.15) is 38.7 Å². The normalized spacial score (nSPS) is 15.5. The van der Waals surface area contributed by atoms with Gasteiger partial charge in [-0.25, -0.2) is 9.78 Å². The number of carbonyl (C=O) groups is 1. The van der Waals surface area contributed by atoms with E-state index in [1.165, 1.54) is 4.57 Å². The van der Waals surface area contributed by atoms with Gasteiger partial charge in [-0.15, -0.1) is 0 Å². The second-order valence-corrected chi connectivity index (χ2v) is 9.36. The summed E-state index contributed by atoms with van der Waals surface area (Å²) in [4.78, 5) is 48.0. The number of rotatable bonds is 8. The van der Waals surface area contributed by atoms with Crippen molar-refractivity contribution in [3.8, 4) is 17.5 Å². The first-order valence-corrected chi connectivity index (χ1v) is 12.5. The lowest BCUT2D eigenvalue weighted by molar-refractivity contribution is -0.117. The smallest absolute Gasteiger partial charge is 0.332 e. The monoisotopic (exact) mass is 500 g/mol. The molecule has 1 saturated heterocycles. The van der Waals surface area contributed by atoms with Crippen LogP contribution in [-0.4, -0.2) is 41.3 Å². The van der Waals surface area contributed by atoms with E-state index in [4.69, 9.17) is 5.26 Å². The lowest BCUT2D eigenvalue weighted by Gasteiger charge is -2.17. The molecule has 1 unspecified atom stereocenters. The van der Waals surface area contributed by atoms with Crippen molar-refractivity contribution < 1.29 is 4.79 Å². The minimum Gasteiger partial charge on any atom is -0.332 e. The molecule has 11 nitrogen and oxygen atoms in total. The Hall–Kier alpha value is -4.46. The number of nitrogens with one attached hydrogen (secondary N) is 1. The Morgan fingerprint density at radius 2 is 1.92 bits per heavy atom. The first kappa shape index (κ1) is 24.2. The van der Waals surface area contributed by atoms with Gasteiger partial charge in [0.15, 0.2) is 5.65 Å². The topological polar surface area (TPSA) is 135 Å². The molecular weight excluding hydrogens is 472 g/mol. The summed E-state index contributed by atoms with van der Waals surface area (Å²) in [6.45, 7) is 5.78. The van der Waals surface area contributed by atoms with Gasteiger partial charge in [0.05, 0.1) is 23.4 Å². The van der Waals surface area contributed by atoms with Crippen LogP contribution in [0.5, 0.6) is 0 Å². The van der Waals surface area contributed by atoms with E-state index in [1.807, 2.05) is 26.1 Å². The lowest BCUT2D eigenvalue weighted by Crippen LogP contribution is -2.40. The number of amides is 1. The molecule has 0 spiro atoms. The summed E-state index contributed by atoms with van der Waals surface area (Å²) in [5.74, 6) is 0.536. The number of hydrogen-bond donors (Lipinski definition) is 1. The molecule has 5 rings (SSSR count). The lowest BCUT2D eigenvalue weighted by atomic mass is 10.1. The number of hydrogen-bond acceptors (Lipinski definition) is 6. The highest BCUT2D eigenvalue weighted by Crippen LogP contribution is 2.27. The fourth-order valence-corrected chi connectivity index (χ4v) is 4.90. The van der Waals surface area contributed by atoms with Gasteiger partial charge in [-0.1, -0.05) is 19.9 Å². The van der Waals surface area contributed by atoms with E-state index >= 15 is 0 Å². The van der Waals surface area contributed by atoms with Crippen LogP contribution in [-0.2, 0) is 24.4 Å². The van der Waals surface area contributed by atoms with Gasteiger partial charge in [0.1, 0.15) is 11.3 Å². The third-order valence-electron chi connectivity index (χ3n) is 6.60. The molecule has 37 heavy (non-hydrogen) atoms. The highest BCUT2D eigenvalue weighted by Gasteiger charge is 2.31. The molecule has 1 aliphatic rings. The first-order chi connectivity index (χ1) is 17.9. The molecule has 1 aliphatic heterocycles. The van der Waals surface area contributed by atoms with Crippen LogP contribution in [0.3, 0.4) is 0 Å². The summed E-state index contributed by atoms with van der Waals surface area (Å²) >= 11 is 0. The van der Waals surface area contributed by atoms with Gasteiger partial charge in [0.25, 0.3) is 5.56 Å². The third-order valence-corrected chi connectivity index (χ3v) is 6.60. The number of fused-ring (bicyclic) bond motifs is 1. The minimum absolute atomic E-state index is 0.0157. The Bertz CT molecular complexity index is 1630. The third kappa shape index (κ3) is 4.46. The van der Waals surface area contributed by atoms with Gasteiger partial charge in [-0.05, 0) is 31.0 Å². The van der Waals surface area contributed by atoms with Crippen LogP contribution in [0.2, 0.25) is 0 Å². The van der Waals surface area contributed by atoms with Crippen molar-refractivity contribution in [3.05, 3.63) is 63.1 Å². The standard InChI is InChI=1S/C26H28N8O3/c1-3-8-32-24-22(25(36)33(9-4-2)26(32)37)29-23(30-24)19-13-28-31(16-19)14-18-11-21(35)34(15-18)20-7-5-6-17(10-20)12-27/h5-7,10,13,16,18H,3-4,8-9,11,14-15H2,1-2H3,(H,29,30). The number of aryl methyl sites for hydroxylation is 1. The van der Waals surface area contributed by atoms with Gasteiger partial charge in [-0.2, -0.15) is 10.4 Å². The molecule has 190 valence electrons. The van der Waals surface area contributed by atoms with Crippen molar-refractivity contribution in [3.63, 3.8) is 0 Å². The molecule has 4 heterocycles. The van der Waals surface area contributed by atoms with Crippen LogP contribution in [0.15, 0.2) is 46.2 Å². The zero-order valence-corrected chi connectivity index (χ0v) is 20.8. The fourth-order valence-electron chi connectivity index (χ4n) is 4.90. The van der Waals surface area contributed by atoms with Crippen LogP contribution < -0.4 is 16.1 Å². The summed E-state index contributed by atoms with van der Waals surface area (Å²) in [5.41, 5.74) is 1.88. The number of benzene rings is 1. The number of nitriles is 1. The molecule has 1 atom stereocenters.